The van der Waals surface area contributed by atoms with Gasteiger partial charge < -0.3 is 9.64 Å². The lowest BCUT2D eigenvalue weighted by molar-refractivity contribution is 0.0480. The van der Waals surface area contributed by atoms with Crippen molar-refractivity contribution in [2.75, 3.05) is 29.9 Å². The Kier molecular flexibility index (Phi) is 4.70. The van der Waals surface area contributed by atoms with Crippen molar-refractivity contribution in [3.8, 4) is 0 Å². The topological polar surface area (TPSA) is 38.2 Å². The smallest absolute Gasteiger partial charge is 0.150 e. The molecular weight excluding hydrogens is 330 g/mol. The number of aryl methyl sites for hydroxylation is 1. The van der Waals surface area contributed by atoms with Gasteiger partial charge in [-0.3, -0.25) is 0 Å². The average Bonchev–Trinajstić information content (AvgIpc) is 2.53. The van der Waals surface area contributed by atoms with E-state index in [4.69, 9.17) is 9.72 Å². The molecule has 112 valence electrons. The van der Waals surface area contributed by atoms with E-state index in [9.17, 15) is 0 Å². The Bertz CT molecular complexity index is 611. The lowest BCUT2D eigenvalue weighted by atomic mass is 10.1. The number of benzene rings is 1. The highest BCUT2D eigenvalue weighted by Gasteiger charge is 2.22. The predicted octanol–water partition coefficient (Wildman–Crippen LogP) is 3.32. The van der Waals surface area contributed by atoms with Crippen LogP contribution in [-0.4, -0.2) is 41.1 Å². The van der Waals surface area contributed by atoms with Crippen molar-refractivity contribution in [3.05, 3.63) is 30.0 Å². The van der Waals surface area contributed by atoms with Gasteiger partial charge >= 0.3 is 0 Å². The van der Waals surface area contributed by atoms with E-state index in [2.05, 4.69) is 25.8 Å². The lowest BCUT2D eigenvalue weighted by Crippen LogP contribution is -2.38. The molecule has 0 saturated carbocycles. The maximum atomic E-state index is 5.81. The SMILES string of the molecule is Cc1nc2ccccc2nc1N1CCC(OCCBr)CC1. The molecule has 3 rings (SSSR count). The van der Waals surface area contributed by atoms with Gasteiger partial charge in [0.15, 0.2) is 5.82 Å². The number of fused-ring (bicyclic) bond motifs is 1. The fourth-order valence-corrected chi connectivity index (χ4v) is 3.01. The molecule has 2 heterocycles. The van der Waals surface area contributed by atoms with Gasteiger partial charge in [0.2, 0.25) is 0 Å². The molecular formula is C16H20BrN3O. The number of aromatic nitrogens is 2. The van der Waals surface area contributed by atoms with E-state index in [1.807, 2.05) is 31.2 Å². The van der Waals surface area contributed by atoms with Crippen molar-refractivity contribution >= 4 is 32.8 Å². The van der Waals surface area contributed by atoms with Crippen LogP contribution in [0.15, 0.2) is 24.3 Å². The van der Waals surface area contributed by atoms with Gasteiger partial charge in [0.1, 0.15) is 0 Å². The molecule has 4 nitrogen and oxygen atoms in total. The first kappa shape index (κ1) is 14.7. The normalized spacial score (nSPS) is 16.6. The number of anilines is 1. The summed E-state index contributed by atoms with van der Waals surface area (Å²) < 4.78 is 5.81. The van der Waals surface area contributed by atoms with Crippen molar-refractivity contribution in [1.82, 2.24) is 9.97 Å². The van der Waals surface area contributed by atoms with Crippen molar-refractivity contribution in [1.29, 1.82) is 0 Å². The number of rotatable bonds is 4. The highest BCUT2D eigenvalue weighted by atomic mass is 79.9. The molecule has 0 unspecified atom stereocenters. The molecule has 0 aliphatic carbocycles. The van der Waals surface area contributed by atoms with Crippen molar-refractivity contribution < 1.29 is 4.74 Å². The second kappa shape index (κ2) is 6.71. The number of hydrogen-bond donors (Lipinski definition) is 0. The number of piperidine rings is 1. The van der Waals surface area contributed by atoms with E-state index in [0.717, 1.165) is 60.4 Å². The van der Waals surface area contributed by atoms with Gasteiger partial charge in [-0.25, -0.2) is 9.97 Å². The van der Waals surface area contributed by atoms with Crippen LogP contribution in [0.1, 0.15) is 18.5 Å². The standard InChI is InChI=1S/C16H20BrN3O/c1-12-16(19-15-5-3-2-4-14(15)18-12)20-9-6-13(7-10-20)21-11-8-17/h2-5,13H,6-11H2,1H3. The summed E-state index contributed by atoms with van der Waals surface area (Å²) in [7, 11) is 0. The largest absolute Gasteiger partial charge is 0.377 e. The Hall–Kier alpha value is -1.20. The number of ether oxygens (including phenoxy) is 1. The van der Waals surface area contributed by atoms with E-state index in [1.165, 1.54) is 0 Å². The molecule has 0 radical (unpaired) electrons. The summed E-state index contributed by atoms with van der Waals surface area (Å²) in [6.07, 6.45) is 2.49. The molecule has 0 bridgehead atoms. The first-order chi connectivity index (χ1) is 10.3. The molecule has 21 heavy (non-hydrogen) atoms. The van der Waals surface area contributed by atoms with Crippen LogP contribution in [0.25, 0.3) is 11.0 Å². The van der Waals surface area contributed by atoms with Gasteiger partial charge in [-0.05, 0) is 31.9 Å². The molecule has 1 aliphatic heterocycles. The minimum atomic E-state index is 0.382. The Morgan fingerprint density at radius 3 is 2.52 bits per heavy atom. The summed E-state index contributed by atoms with van der Waals surface area (Å²) in [5.74, 6) is 1.02. The van der Waals surface area contributed by atoms with Gasteiger partial charge in [0, 0.05) is 18.4 Å². The minimum Gasteiger partial charge on any atom is -0.377 e. The molecule has 1 saturated heterocycles. The number of hydrogen-bond acceptors (Lipinski definition) is 4. The van der Waals surface area contributed by atoms with Crippen LogP contribution in [0.2, 0.25) is 0 Å². The second-order valence-corrected chi connectivity index (χ2v) is 6.16. The first-order valence-corrected chi connectivity index (χ1v) is 8.56. The predicted molar refractivity (Wildman–Crippen MR) is 89.3 cm³/mol. The summed E-state index contributed by atoms with van der Waals surface area (Å²) in [6, 6.07) is 8.05. The number of halogens is 1. The molecule has 5 heteroatoms. The summed E-state index contributed by atoms with van der Waals surface area (Å²) in [6.45, 7) is 4.81. The summed E-state index contributed by atoms with van der Waals surface area (Å²) in [5, 5.41) is 0.905. The summed E-state index contributed by atoms with van der Waals surface area (Å²) >= 11 is 3.40. The Morgan fingerprint density at radius 2 is 1.86 bits per heavy atom. The maximum Gasteiger partial charge on any atom is 0.150 e. The molecule has 0 N–H and O–H groups in total. The van der Waals surface area contributed by atoms with Gasteiger partial charge in [0.25, 0.3) is 0 Å². The van der Waals surface area contributed by atoms with E-state index < -0.39 is 0 Å². The molecule has 0 amide bonds. The molecule has 1 aliphatic rings. The zero-order chi connectivity index (χ0) is 14.7. The zero-order valence-corrected chi connectivity index (χ0v) is 13.8. The number of alkyl halides is 1. The van der Waals surface area contributed by atoms with Crippen molar-refractivity contribution in [2.24, 2.45) is 0 Å². The van der Waals surface area contributed by atoms with Crippen LogP contribution < -0.4 is 4.90 Å². The quantitative estimate of drug-likeness (QED) is 0.793. The van der Waals surface area contributed by atoms with Crippen LogP contribution in [-0.2, 0) is 4.74 Å². The maximum absolute atomic E-state index is 5.81. The lowest BCUT2D eigenvalue weighted by Gasteiger charge is -2.33. The summed E-state index contributed by atoms with van der Waals surface area (Å²) in [4.78, 5) is 11.8. The summed E-state index contributed by atoms with van der Waals surface area (Å²) in [5.41, 5.74) is 2.94. The molecule has 2 aromatic rings. The van der Waals surface area contributed by atoms with Crippen molar-refractivity contribution in [3.63, 3.8) is 0 Å². The Morgan fingerprint density at radius 1 is 1.19 bits per heavy atom. The Labute approximate surface area is 133 Å². The highest BCUT2D eigenvalue weighted by molar-refractivity contribution is 9.09. The third-order valence-electron chi connectivity index (χ3n) is 3.89. The molecule has 1 aromatic heterocycles. The van der Waals surface area contributed by atoms with Crippen LogP contribution in [0, 0.1) is 6.92 Å². The van der Waals surface area contributed by atoms with Crippen LogP contribution in [0.4, 0.5) is 5.82 Å². The number of para-hydroxylation sites is 2. The molecule has 0 atom stereocenters. The van der Waals surface area contributed by atoms with E-state index >= 15 is 0 Å². The first-order valence-electron chi connectivity index (χ1n) is 7.44. The van der Waals surface area contributed by atoms with Gasteiger partial charge in [-0.1, -0.05) is 28.1 Å². The van der Waals surface area contributed by atoms with Crippen LogP contribution in [0.5, 0.6) is 0 Å². The van der Waals surface area contributed by atoms with E-state index in [0.29, 0.717) is 6.10 Å². The fourth-order valence-electron chi connectivity index (χ4n) is 2.82. The van der Waals surface area contributed by atoms with Crippen LogP contribution >= 0.6 is 15.9 Å². The second-order valence-electron chi connectivity index (χ2n) is 5.37. The zero-order valence-electron chi connectivity index (χ0n) is 12.3. The van der Waals surface area contributed by atoms with Gasteiger partial charge in [0.05, 0.1) is 29.4 Å². The van der Waals surface area contributed by atoms with Crippen molar-refractivity contribution in [2.45, 2.75) is 25.9 Å². The third-order valence-corrected chi connectivity index (χ3v) is 4.22. The molecule has 1 aromatic carbocycles. The Balaban J connectivity index is 1.74. The van der Waals surface area contributed by atoms with E-state index in [1.54, 1.807) is 0 Å². The number of nitrogens with zero attached hydrogens (tertiary/aromatic N) is 3. The van der Waals surface area contributed by atoms with E-state index in [-0.39, 0.29) is 0 Å². The van der Waals surface area contributed by atoms with Gasteiger partial charge in [-0.15, -0.1) is 0 Å². The fraction of sp³-hybridized carbons (Fsp3) is 0.500. The minimum absolute atomic E-state index is 0.382. The highest BCUT2D eigenvalue weighted by Crippen LogP contribution is 2.24. The monoisotopic (exact) mass is 349 g/mol. The van der Waals surface area contributed by atoms with Crippen LogP contribution in [0.3, 0.4) is 0 Å². The third kappa shape index (κ3) is 3.35. The molecule has 0 spiro atoms. The molecule has 1 fully saturated rings. The average molecular weight is 350 g/mol. The van der Waals surface area contributed by atoms with Gasteiger partial charge in [-0.2, -0.15) is 0 Å².